The maximum Gasteiger partial charge on any atom is 0.449 e. The Morgan fingerprint density at radius 3 is 2.46 bits per heavy atom. The van der Waals surface area contributed by atoms with Gasteiger partial charge in [0.05, 0.1) is 23.7 Å². The standard InChI is InChI=1S/C18H13F3N4O2S/c1-27-16(26)10-7-8-13-12(9-10)24-15(28-11-5-3-2-4-6-11)14(22)25(13)17(23)18(19,20)21/h2-9,22-23H,1H3. The minimum atomic E-state index is -4.97. The van der Waals surface area contributed by atoms with Crippen molar-refractivity contribution < 1.29 is 22.7 Å². The van der Waals surface area contributed by atoms with Crippen molar-refractivity contribution in [2.75, 3.05) is 7.11 Å². The number of carbonyl (C=O) groups is 1. The predicted molar refractivity (Wildman–Crippen MR) is 96.7 cm³/mol. The molecule has 0 atom stereocenters. The number of nitrogens with zero attached hydrogens (tertiary/aromatic N) is 2. The number of fused-ring (bicyclic) bond motifs is 1. The Bertz CT molecular complexity index is 1130. The molecule has 0 saturated heterocycles. The summed E-state index contributed by atoms with van der Waals surface area (Å²) in [5.74, 6) is -2.39. The third-order valence-corrected chi connectivity index (χ3v) is 4.72. The molecule has 0 amide bonds. The van der Waals surface area contributed by atoms with E-state index < -0.39 is 23.5 Å². The van der Waals surface area contributed by atoms with Crippen LogP contribution in [-0.4, -0.2) is 34.6 Å². The fourth-order valence-electron chi connectivity index (χ4n) is 2.46. The topological polar surface area (TPSA) is 91.8 Å². The monoisotopic (exact) mass is 406 g/mol. The smallest absolute Gasteiger partial charge is 0.449 e. The lowest BCUT2D eigenvalue weighted by molar-refractivity contribution is -0.0624. The highest BCUT2D eigenvalue weighted by molar-refractivity contribution is 7.99. The van der Waals surface area contributed by atoms with Crippen LogP contribution in [0.4, 0.5) is 13.2 Å². The molecular weight excluding hydrogens is 393 g/mol. The van der Waals surface area contributed by atoms with E-state index in [1.807, 2.05) is 0 Å². The van der Waals surface area contributed by atoms with Crippen LogP contribution in [0, 0.1) is 10.8 Å². The molecule has 144 valence electrons. The van der Waals surface area contributed by atoms with Crippen LogP contribution in [0.3, 0.4) is 0 Å². The predicted octanol–water partition coefficient (Wildman–Crippen LogP) is 3.84. The molecule has 2 N–H and O–H groups in total. The number of halogens is 3. The highest BCUT2D eigenvalue weighted by Crippen LogP contribution is 2.27. The first-order valence-corrected chi connectivity index (χ1v) is 8.62. The van der Waals surface area contributed by atoms with E-state index in [0.717, 1.165) is 11.8 Å². The number of rotatable bonds is 3. The van der Waals surface area contributed by atoms with E-state index >= 15 is 0 Å². The lowest BCUT2D eigenvalue weighted by atomic mass is 10.2. The Kier molecular flexibility index (Phi) is 5.23. The van der Waals surface area contributed by atoms with Crippen LogP contribution < -0.4 is 5.49 Å². The highest BCUT2D eigenvalue weighted by Gasteiger charge is 2.37. The molecule has 0 aliphatic carbocycles. The van der Waals surface area contributed by atoms with Gasteiger partial charge in [-0.3, -0.25) is 15.4 Å². The van der Waals surface area contributed by atoms with Crippen molar-refractivity contribution in [3.05, 3.63) is 59.6 Å². The van der Waals surface area contributed by atoms with Gasteiger partial charge in [-0.2, -0.15) is 13.2 Å². The fourth-order valence-corrected chi connectivity index (χ4v) is 3.30. The number of ether oxygens (including phenoxy) is 1. The molecule has 0 spiro atoms. The molecule has 0 unspecified atom stereocenters. The molecule has 1 aromatic heterocycles. The van der Waals surface area contributed by atoms with Gasteiger partial charge in [0.15, 0.2) is 5.49 Å². The fraction of sp³-hybridized carbons (Fsp3) is 0.111. The Hall–Kier alpha value is -3.14. The Morgan fingerprint density at radius 1 is 1.18 bits per heavy atom. The average molecular weight is 406 g/mol. The maximum atomic E-state index is 13.2. The van der Waals surface area contributed by atoms with Crippen molar-refractivity contribution in [1.29, 1.82) is 10.8 Å². The van der Waals surface area contributed by atoms with Crippen LogP contribution in [0.2, 0.25) is 0 Å². The van der Waals surface area contributed by atoms with Crippen LogP contribution in [0.25, 0.3) is 11.0 Å². The molecule has 10 heteroatoms. The van der Waals surface area contributed by atoms with E-state index in [-0.39, 0.29) is 21.6 Å². The molecule has 3 aromatic rings. The van der Waals surface area contributed by atoms with Crippen molar-refractivity contribution in [2.45, 2.75) is 16.1 Å². The first-order valence-electron chi connectivity index (χ1n) is 7.81. The quantitative estimate of drug-likeness (QED) is 0.393. The number of esters is 1. The summed E-state index contributed by atoms with van der Waals surface area (Å²) in [5.41, 5.74) is -0.556. The minimum Gasteiger partial charge on any atom is -0.465 e. The van der Waals surface area contributed by atoms with Gasteiger partial charge < -0.3 is 4.74 Å². The van der Waals surface area contributed by atoms with Gasteiger partial charge in [0, 0.05) is 4.90 Å². The van der Waals surface area contributed by atoms with Gasteiger partial charge in [0.2, 0.25) is 5.84 Å². The average Bonchev–Trinajstić information content (AvgIpc) is 2.67. The van der Waals surface area contributed by atoms with Crippen LogP contribution in [0.5, 0.6) is 0 Å². The number of hydrogen-bond acceptors (Lipinski definition) is 6. The molecule has 6 nitrogen and oxygen atoms in total. The Labute approximate surface area is 161 Å². The van der Waals surface area contributed by atoms with Crippen molar-refractivity contribution in [3.8, 4) is 0 Å². The molecule has 0 radical (unpaired) electrons. The van der Waals surface area contributed by atoms with E-state index in [1.165, 1.54) is 25.3 Å². The van der Waals surface area contributed by atoms with Crippen molar-refractivity contribution in [3.63, 3.8) is 0 Å². The Balaban J connectivity index is 2.28. The van der Waals surface area contributed by atoms with E-state index in [9.17, 15) is 18.0 Å². The number of alkyl halides is 3. The molecule has 1 heterocycles. The van der Waals surface area contributed by atoms with E-state index in [1.54, 1.807) is 30.3 Å². The molecular formula is C18H13F3N4O2S. The highest BCUT2D eigenvalue weighted by atomic mass is 32.2. The van der Waals surface area contributed by atoms with Gasteiger partial charge in [0.25, 0.3) is 0 Å². The summed E-state index contributed by atoms with van der Waals surface area (Å²) in [6.07, 6.45) is -4.97. The van der Waals surface area contributed by atoms with Gasteiger partial charge >= 0.3 is 12.1 Å². The number of carbonyl (C=O) groups excluding carboxylic acids is 1. The zero-order valence-electron chi connectivity index (χ0n) is 14.4. The van der Waals surface area contributed by atoms with Crippen LogP contribution in [0.15, 0.2) is 58.5 Å². The second-order valence-electron chi connectivity index (χ2n) is 5.56. The van der Waals surface area contributed by atoms with Crippen molar-refractivity contribution >= 4 is 34.6 Å². The first kappa shape index (κ1) is 19.6. The second kappa shape index (κ2) is 7.47. The van der Waals surface area contributed by atoms with Crippen molar-refractivity contribution in [1.82, 2.24) is 9.55 Å². The summed E-state index contributed by atoms with van der Waals surface area (Å²) in [6.45, 7) is 0. The van der Waals surface area contributed by atoms with E-state index in [4.69, 9.17) is 10.8 Å². The van der Waals surface area contributed by atoms with Gasteiger partial charge in [-0.05, 0) is 30.3 Å². The number of aromatic nitrogens is 2. The molecule has 0 fully saturated rings. The van der Waals surface area contributed by atoms with E-state index in [2.05, 4.69) is 9.72 Å². The Morgan fingerprint density at radius 2 is 1.86 bits per heavy atom. The second-order valence-corrected chi connectivity index (χ2v) is 6.62. The zero-order chi connectivity index (χ0) is 20.5. The van der Waals surface area contributed by atoms with Crippen LogP contribution in [-0.2, 0) is 4.74 Å². The molecule has 0 bridgehead atoms. The SMILES string of the molecule is COC(=O)c1ccc2c(c1)nc(Sc1ccccc1)c(=N)n2C(=N)C(F)(F)F. The molecule has 0 aliphatic heterocycles. The number of nitrogens with one attached hydrogen (secondary N) is 2. The lowest BCUT2D eigenvalue weighted by Crippen LogP contribution is -2.38. The number of methoxy groups -OCH3 is 1. The summed E-state index contributed by atoms with van der Waals surface area (Å²) in [6, 6.07) is 12.5. The summed E-state index contributed by atoms with van der Waals surface area (Å²) in [5, 5.41) is 15.7. The summed E-state index contributed by atoms with van der Waals surface area (Å²) in [7, 11) is 1.18. The molecule has 0 aliphatic rings. The van der Waals surface area contributed by atoms with Crippen LogP contribution in [0.1, 0.15) is 10.4 Å². The molecule has 2 aromatic carbocycles. The molecule has 28 heavy (non-hydrogen) atoms. The summed E-state index contributed by atoms with van der Waals surface area (Å²) >= 11 is 0.992. The first-order chi connectivity index (χ1) is 13.2. The van der Waals surface area contributed by atoms with Gasteiger partial charge in [-0.25, -0.2) is 9.78 Å². The number of benzene rings is 2. The summed E-state index contributed by atoms with van der Waals surface area (Å²) in [4.78, 5) is 16.7. The maximum absolute atomic E-state index is 13.2. The third-order valence-electron chi connectivity index (χ3n) is 3.74. The minimum absolute atomic E-state index is 0.0327. The van der Waals surface area contributed by atoms with E-state index in [0.29, 0.717) is 9.46 Å². The van der Waals surface area contributed by atoms with Gasteiger partial charge in [-0.1, -0.05) is 30.0 Å². The van der Waals surface area contributed by atoms with Gasteiger partial charge in [0.1, 0.15) is 5.03 Å². The zero-order valence-corrected chi connectivity index (χ0v) is 15.2. The third kappa shape index (κ3) is 3.77. The van der Waals surface area contributed by atoms with Crippen LogP contribution >= 0.6 is 11.8 Å². The molecule has 3 rings (SSSR count). The number of hydrogen-bond donors (Lipinski definition) is 2. The summed E-state index contributed by atoms with van der Waals surface area (Å²) < 4.78 is 44.8. The van der Waals surface area contributed by atoms with Crippen molar-refractivity contribution in [2.24, 2.45) is 0 Å². The van der Waals surface area contributed by atoms with Gasteiger partial charge in [-0.15, -0.1) is 0 Å². The largest absolute Gasteiger partial charge is 0.465 e. The normalized spacial score (nSPS) is 11.4. The lowest BCUT2D eigenvalue weighted by Gasteiger charge is -2.16. The molecule has 0 saturated carbocycles.